The molecule has 15 heavy (non-hydrogen) atoms. The van der Waals surface area contributed by atoms with E-state index in [9.17, 15) is 4.79 Å². The van der Waals surface area contributed by atoms with Gasteiger partial charge in [-0.2, -0.15) is 0 Å². The maximum Gasteiger partial charge on any atom is 0.136 e. The third-order valence-electron chi connectivity index (χ3n) is 5.11. The van der Waals surface area contributed by atoms with Gasteiger partial charge in [-0.1, -0.05) is 25.5 Å². The Labute approximate surface area is 91.9 Å². The zero-order valence-corrected chi connectivity index (χ0v) is 9.54. The van der Waals surface area contributed by atoms with Crippen molar-refractivity contribution >= 4 is 5.78 Å². The summed E-state index contributed by atoms with van der Waals surface area (Å²) in [4.78, 5) is 12.0. The fourth-order valence-electron chi connectivity index (χ4n) is 4.37. The molecule has 0 aromatic rings. The highest BCUT2D eigenvalue weighted by molar-refractivity contribution is 5.82. The summed E-state index contributed by atoms with van der Waals surface area (Å²) in [5, 5.41) is 0. The van der Waals surface area contributed by atoms with Crippen molar-refractivity contribution in [3.05, 3.63) is 12.2 Å². The first-order valence-corrected chi connectivity index (χ1v) is 6.40. The zero-order valence-electron chi connectivity index (χ0n) is 9.54. The molecule has 2 fully saturated rings. The predicted molar refractivity (Wildman–Crippen MR) is 60.4 cm³/mol. The predicted octanol–water partition coefficient (Wildman–Crippen LogP) is 3.35. The molecule has 4 atom stereocenters. The Morgan fingerprint density at radius 3 is 3.13 bits per heavy atom. The molecule has 82 valence electrons. The fourth-order valence-corrected chi connectivity index (χ4v) is 4.37. The highest BCUT2D eigenvalue weighted by Gasteiger charge is 2.50. The van der Waals surface area contributed by atoms with Gasteiger partial charge >= 0.3 is 0 Å². The first-order valence-electron chi connectivity index (χ1n) is 6.40. The first kappa shape index (κ1) is 9.62. The smallest absolute Gasteiger partial charge is 0.136 e. The van der Waals surface area contributed by atoms with Crippen molar-refractivity contribution in [2.24, 2.45) is 23.2 Å². The van der Waals surface area contributed by atoms with Crippen LogP contribution in [-0.2, 0) is 4.79 Å². The van der Waals surface area contributed by atoms with Gasteiger partial charge in [-0.25, -0.2) is 0 Å². The Hall–Kier alpha value is -0.590. The van der Waals surface area contributed by atoms with E-state index in [-0.39, 0.29) is 0 Å². The standard InChI is InChI=1S/C14H20O/c1-14-8-3-5-10-4-2-6-11(13(10)14)12(15)7-9-14/h2,4,10-11,13H,3,5-9H2,1H3/t10-,11-,13+,14-/m0/s1. The second kappa shape index (κ2) is 3.20. The summed E-state index contributed by atoms with van der Waals surface area (Å²) in [6.45, 7) is 2.43. The summed E-state index contributed by atoms with van der Waals surface area (Å²) in [7, 11) is 0. The molecular weight excluding hydrogens is 184 g/mol. The van der Waals surface area contributed by atoms with Crippen molar-refractivity contribution < 1.29 is 4.79 Å². The van der Waals surface area contributed by atoms with Gasteiger partial charge in [-0.3, -0.25) is 4.79 Å². The second-order valence-electron chi connectivity index (χ2n) is 5.97. The minimum Gasteiger partial charge on any atom is -0.299 e. The van der Waals surface area contributed by atoms with Crippen molar-refractivity contribution in [3.63, 3.8) is 0 Å². The Kier molecular flexibility index (Phi) is 2.05. The molecule has 2 saturated carbocycles. The molecule has 0 bridgehead atoms. The van der Waals surface area contributed by atoms with Crippen LogP contribution in [0.25, 0.3) is 0 Å². The lowest BCUT2D eigenvalue weighted by molar-refractivity contribution is -0.135. The van der Waals surface area contributed by atoms with Gasteiger partial charge in [0.05, 0.1) is 0 Å². The molecular formula is C14H20O. The first-order chi connectivity index (χ1) is 7.21. The summed E-state index contributed by atoms with van der Waals surface area (Å²) >= 11 is 0. The topological polar surface area (TPSA) is 17.1 Å². The quantitative estimate of drug-likeness (QED) is 0.553. The molecule has 0 amide bonds. The van der Waals surface area contributed by atoms with Gasteiger partial charge in [0, 0.05) is 12.3 Å². The second-order valence-corrected chi connectivity index (χ2v) is 5.97. The molecule has 0 radical (unpaired) electrons. The largest absolute Gasteiger partial charge is 0.299 e. The number of Topliss-reactive ketones (excluding diaryl/α,β-unsaturated/α-hetero) is 1. The number of allylic oxidation sites excluding steroid dienone is 2. The molecule has 0 saturated heterocycles. The molecule has 1 heteroatoms. The van der Waals surface area contributed by atoms with Crippen molar-refractivity contribution in [2.45, 2.75) is 45.4 Å². The van der Waals surface area contributed by atoms with Crippen LogP contribution in [0.15, 0.2) is 12.2 Å². The molecule has 3 aliphatic rings. The van der Waals surface area contributed by atoms with Crippen LogP contribution in [0.3, 0.4) is 0 Å². The highest BCUT2D eigenvalue weighted by atomic mass is 16.1. The van der Waals surface area contributed by atoms with Crippen LogP contribution in [0, 0.1) is 23.2 Å². The van der Waals surface area contributed by atoms with E-state index in [1.165, 1.54) is 19.3 Å². The van der Waals surface area contributed by atoms with Crippen LogP contribution in [0.5, 0.6) is 0 Å². The molecule has 0 unspecified atom stereocenters. The fraction of sp³-hybridized carbons (Fsp3) is 0.786. The van der Waals surface area contributed by atoms with Crippen LogP contribution < -0.4 is 0 Å². The van der Waals surface area contributed by atoms with Gasteiger partial charge < -0.3 is 0 Å². The van der Waals surface area contributed by atoms with E-state index in [1.807, 2.05) is 0 Å². The van der Waals surface area contributed by atoms with Gasteiger partial charge in [-0.05, 0) is 42.9 Å². The monoisotopic (exact) mass is 204 g/mol. The third-order valence-corrected chi connectivity index (χ3v) is 5.11. The lowest BCUT2D eigenvalue weighted by Gasteiger charge is -2.53. The molecule has 0 heterocycles. The SMILES string of the molecule is C[C@]12CCC[C@@H]3C=CC[C@@H](C(=O)CC1)[C@@H]32. The Bertz CT molecular complexity index is 317. The number of carbonyl (C=O) groups is 1. The van der Waals surface area contributed by atoms with Gasteiger partial charge in [0.2, 0.25) is 0 Å². The van der Waals surface area contributed by atoms with Gasteiger partial charge in [0.15, 0.2) is 0 Å². The summed E-state index contributed by atoms with van der Waals surface area (Å²) in [5.74, 6) is 2.32. The molecule has 0 aromatic heterocycles. The zero-order chi connectivity index (χ0) is 10.5. The molecule has 1 nitrogen and oxygen atoms in total. The summed E-state index contributed by atoms with van der Waals surface area (Å²) in [6.07, 6.45) is 11.7. The average Bonchev–Trinajstić information content (AvgIpc) is 2.25. The highest BCUT2D eigenvalue weighted by Crippen LogP contribution is 2.56. The van der Waals surface area contributed by atoms with Crippen LogP contribution in [-0.4, -0.2) is 5.78 Å². The van der Waals surface area contributed by atoms with Gasteiger partial charge in [0.25, 0.3) is 0 Å². The molecule has 0 spiro atoms. The van der Waals surface area contributed by atoms with E-state index in [0.717, 1.165) is 19.3 Å². The summed E-state index contributed by atoms with van der Waals surface area (Å²) in [6, 6.07) is 0. The lowest BCUT2D eigenvalue weighted by atomic mass is 9.51. The van der Waals surface area contributed by atoms with Crippen molar-refractivity contribution in [1.29, 1.82) is 0 Å². The minimum atomic E-state index is 0.374. The van der Waals surface area contributed by atoms with Crippen molar-refractivity contribution in [3.8, 4) is 0 Å². The molecule has 0 aromatic carbocycles. The Morgan fingerprint density at radius 2 is 2.27 bits per heavy atom. The summed E-state index contributed by atoms with van der Waals surface area (Å²) < 4.78 is 0. The maximum absolute atomic E-state index is 12.0. The third kappa shape index (κ3) is 1.32. The normalized spacial score (nSPS) is 48.9. The number of hydrogen-bond acceptors (Lipinski definition) is 1. The average molecular weight is 204 g/mol. The van der Waals surface area contributed by atoms with Crippen LogP contribution in [0.2, 0.25) is 0 Å². The van der Waals surface area contributed by atoms with E-state index >= 15 is 0 Å². The van der Waals surface area contributed by atoms with E-state index in [0.29, 0.717) is 29.0 Å². The summed E-state index contributed by atoms with van der Waals surface area (Å²) in [5.41, 5.74) is 0.478. The van der Waals surface area contributed by atoms with Crippen LogP contribution in [0.1, 0.15) is 45.4 Å². The molecule has 3 aliphatic carbocycles. The van der Waals surface area contributed by atoms with E-state index in [1.54, 1.807) is 0 Å². The number of carbonyl (C=O) groups excluding carboxylic acids is 1. The number of hydrogen-bond donors (Lipinski definition) is 0. The molecule has 0 N–H and O–H groups in total. The number of rotatable bonds is 0. The Morgan fingerprint density at radius 1 is 1.40 bits per heavy atom. The maximum atomic E-state index is 12.0. The van der Waals surface area contributed by atoms with Gasteiger partial charge in [-0.15, -0.1) is 0 Å². The number of ketones is 1. The lowest BCUT2D eigenvalue weighted by Crippen LogP contribution is -2.48. The minimum absolute atomic E-state index is 0.374. The van der Waals surface area contributed by atoms with E-state index < -0.39 is 0 Å². The van der Waals surface area contributed by atoms with Gasteiger partial charge in [0.1, 0.15) is 5.78 Å². The van der Waals surface area contributed by atoms with Crippen LogP contribution >= 0.6 is 0 Å². The molecule has 0 aliphatic heterocycles. The van der Waals surface area contributed by atoms with Crippen LogP contribution in [0.4, 0.5) is 0 Å². The van der Waals surface area contributed by atoms with E-state index in [4.69, 9.17) is 0 Å². The van der Waals surface area contributed by atoms with Crippen molar-refractivity contribution in [2.75, 3.05) is 0 Å². The van der Waals surface area contributed by atoms with Crippen molar-refractivity contribution in [1.82, 2.24) is 0 Å². The molecule has 3 rings (SSSR count). The van der Waals surface area contributed by atoms with E-state index in [2.05, 4.69) is 19.1 Å². The Balaban J connectivity index is 2.00.